The summed E-state index contributed by atoms with van der Waals surface area (Å²) in [6.45, 7) is 7.46. The number of hydrogen-bond acceptors (Lipinski definition) is 1. The third-order valence-corrected chi connectivity index (χ3v) is 7.19. The molecule has 4 rings (SSSR count). The van der Waals surface area contributed by atoms with E-state index in [1.807, 2.05) is 0 Å². The lowest BCUT2D eigenvalue weighted by Crippen LogP contribution is -2.65. The standard InChI is InChI=1S/C17H27NO/c1-4-17(2,3)16(19)18-9-14-12-8-13(15(14)18)11-7-5-6-10(11)12/h10-15H,4-9H2,1-3H3. The molecule has 0 spiro atoms. The molecule has 106 valence electrons. The topological polar surface area (TPSA) is 20.3 Å². The van der Waals surface area contributed by atoms with Crippen LogP contribution in [0.5, 0.6) is 0 Å². The third kappa shape index (κ3) is 1.41. The quantitative estimate of drug-likeness (QED) is 0.747. The lowest BCUT2D eigenvalue weighted by Gasteiger charge is -2.55. The van der Waals surface area contributed by atoms with Crippen molar-refractivity contribution in [1.29, 1.82) is 0 Å². The minimum Gasteiger partial charge on any atom is -0.338 e. The van der Waals surface area contributed by atoms with Gasteiger partial charge in [0.05, 0.1) is 0 Å². The first-order valence-corrected chi connectivity index (χ1v) is 8.35. The summed E-state index contributed by atoms with van der Waals surface area (Å²) in [5.41, 5.74) is -0.151. The summed E-state index contributed by atoms with van der Waals surface area (Å²) in [5.74, 6) is 5.18. The molecule has 2 bridgehead atoms. The Morgan fingerprint density at radius 1 is 1.11 bits per heavy atom. The smallest absolute Gasteiger partial charge is 0.228 e. The van der Waals surface area contributed by atoms with Gasteiger partial charge in [-0.15, -0.1) is 0 Å². The van der Waals surface area contributed by atoms with Crippen molar-refractivity contribution in [2.24, 2.45) is 35.0 Å². The lowest BCUT2D eigenvalue weighted by molar-refractivity contribution is -0.160. The van der Waals surface area contributed by atoms with Gasteiger partial charge in [0.2, 0.25) is 5.91 Å². The fourth-order valence-electron chi connectivity index (χ4n) is 5.88. The molecular formula is C17H27NO. The highest BCUT2D eigenvalue weighted by molar-refractivity contribution is 5.83. The Balaban J connectivity index is 1.54. The summed E-state index contributed by atoms with van der Waals surface area (Å²) in [4.78, 5) is 15.0. The molecule has 2 nitrogen and oxygen atoms in total. The van der Waals surface area contributed by atoms with E-state index in [-0.39, 0.29) is 5.41 Å². The van der Waals surface area contributed by atoms with Gasteiger partial charge in [-0.05, 0) is 49.4 Å². The van der Waals surface area contributed by atoms with Gasteiger partial charge in [-0.2, -0.15) is 0 Å². The third-order valence-electron chi connectivity index (χ3n) is 7.19. The predicted octanol–water partition coefficient (Wildman–Crippen LogP) is 3.32. The molecule has 1 aliphatic heterocycles. The van der Waals surface area contributed by atoms with Crippen LogP contribution in [-0.4, -0.2) is 23.4 Å². The number of amides is 1. The Labute approximate surface area is 116 Å². The number of hydrogen-bond donors (Lipinski definition) is 0. The molecule has 3 saturated carbocycles. The van der Waals surface area contributed by atoms with Gasteiger partial charge >= 0.3 is 0 Å². The van der Waals surface area contributed by atoms with Gasteiger partial charge in [0.15, 0.2) is 0 Å². The van der Waals surface area contributed by atoms with E-state index in [4.69, 9.17) is 0 Å². The number of likely N-dealkylation sites (tertiary alicyclic amines) is 1. The minimum absolute atomic E-state index is 0.151. The van der Waals surface area contributed by atoms with Crippen LogP contribution < -0.4 is 0 Å². The molecule has 0 aromatic carbocycles. The van der Waals surface area contributed by atoms with E-state index in [9.17, 15) is 4.79 Å². The maximum atomic E-state index is 12.7. The summed E-state index contributed by atoms with van der Waals surface area (Å²) in [6, 6.07) is 0.641. The average Bonchev–Trinajstić information content (AvgIpc) is 2.98. The van der Waals surface area contributed by atoms with Gasteiger partial charge in [0, 0.05) is 23.9 Å². The van der Waals surface area contributed by atoms with Gasteiger partial charge in [-0.3, -0.25) is 4.79 Å². The molecule has 4 aliphatic rings. The second kappa shape index (κ2) is 3.77. The van der Waals surface area contributed by atoms with Gasteiger partial charge in [0.25, 0.3) is 0 Å². The maximum Gasteiger partial charge on any atom is 0.228 e. The summed E-state index contributed by atoms with van der Waals surface area (Å²) in [7, 11) is 0. The second-order valence-corrected chi connectivity index (χ2v) is 8.17. The van der Waals surface area contributed by atoms with Crippen LogP contribution in [-0.2, 0) is 4.79 Å². The van der Waals surface area contributed by atoms with Crippen LogP contribution in [0.25, 0.3) is 0 Å². The van der Waals surface area contributed by atoms with Crippen molar-refractivity contribution < 1.29 is 4.79 Å². The van der Waals surface area contributed by atoms with Gasteiger partial charge in [-0.1, -0.05) is 27.2 Å². The highest BCUT2D eigenvalue weighted by atomic mass is 16.2. The molecule has 0 aromatic rings. The van der Waals surface area contributed by atoms with Gasteiger partial charge in [0.1, 0.15) is 0 Å². The van der Waals surface area contributed by atoms with Gasteiger partial charge in [-0.25, -0.2) is 0 Å². The van der Waals surface area contributed by atoms with Crippen molar-refractivity contribution in [3.63, 3.8) is 0 Å². The van der Waals surface area contributed by atoms with Crippen LogP contribution in [0.1, 0.15) is 52.9 Å². The fourth-order valence-corrected chi connectivity index (χ4v) is 5.88. The average molecular weight is 261 g/mol. The summed E-state index contributed by atoms with van der Waals surface area (Å²) < 4.78 is 0. The fraction of sp³-hybridized carbons (Fsp3) is 0.941. The summed E-state index contributed by atoms with van der Waals surface area (Å²) in [5, 5.41) is 0. The van der Waals surface area contributed by atoms with Crippen molar-refractivity contribution in [2.75, 3.05) is 6.54 Å². The van der Waals surface area contributed by atoms with Crippen molar-refractivity contribution in [3.8, 4) is 0 Å². The van der Waals surface area contributed by atoms with Crippen LogP contribution in [0, 0.1) is 35.0 Å². The summed E-state index contributed by atoms with van der Waals surface area (Å²) >= 11 is 0. The highest BCUT2D eigenvalue weighted by Crippen LogP contribution is 2.65. The van der Waals surface area contributed by atoms with Crippen molar-refractivity contribution in [1.82, 2.24) is 4.90 Å². The number of rotatable bonds is 2. The van der Waals surface area contributed by atoms with E-state index in [2.05, 4.69) is 25.7 Å². The Kier molecular flexibility index (Phi) is 2.42. The van der Waals surface area contributed by atoms with Crippen molar-refractivity contribution in [2.45, 2.75) is 58.9 Å². The molecule has 1 heterocycles. The van der Waals surface area contributed by atoms with Crippen LogP contribution in [0.2, 0.25) is 0 Å². The largest absolute Gasteiger partial charge is 0.338 e. The maximum absolute atomic E-state index is 12.7. The van der Waals surface area contributed by atoms with Crippen molar-refractivity contribution in [3.05, 3.63) is 0 Å². The molecular weight excluding hydrogens is 234 g/mol. The van der Waals surface area contributed by atoms with Crippen LogP contribution in [0.3, 0.4) is 0 Å². The van der Waals surface area contributed by atoms with E-state index in [0.29, 0.717) is 11.9 Å². The Morgan fingerprint density at radius 2 is 1.79 bits per heavy atom. The molecule has 0 N–H and O–H groups in total. The lowest BCUT2D eigenvalue weighted by atomic mass is 9.67. The van der Waals surface area contributed by atoms with E-state index < -0.39 is 0 Å². The number of carbonyl (C=O) groups is 1. The Bertz CT molecular complexity index is 415. The second-order valence-electron chi connectivity index (χ2n) is 8.17. The Hall–Kier alpha value is -0.530. The molecule has 1 saturated heterocycles. The minimum atomic E-state index is -0.151. The zero-order valence-corrected chi connectivity index (χ0v) is 12.6. The molecule has 1 amide bonds. The van der Waals surface area contributed by atoms with Crippen LogP contribution in [0.4, 0.5) is 0 Å². The van der Waals surface area contributed by atoms with Crippen molar-refractivity contribution >= 4 is 5.91 Å². The normalized spacial score (nSPS) is 47.0. The first kappa shape index (κ1) is 12.2. The molecule has 6 unspecified atom stereocenters. The zero-order valence-electron chi connectivity index (χ0n) is 12.6. The molecule has 19 heavy (non-hydrogen) atoms. The highest BCUT2D eigenvalue weighted by Gasteiger charge is 2.65. The van der Waals surface area contributed by atoms with Crippen LogP contribution >= 0.6 is 0 Å². The monoisotopic (exact) mass is 261 g/mol. The van der Waals surface area contributed by atoms with E-state index in [1.54, 1.807) is 0 Å². The first-order valence-electron chi connectivity index (χ1n) is 8.35. The molecule has 6 atom stereocenters. The van der Waals surface area contributed by atoms with E-state index in [0.717, 1.165) is 42.6 Å². The molecule has 2 heteroatoms. The number of fused-ring (bicyclic) bond motifs is 8. The predicted molar refractivity (Wildman–Crippen MR) is 75.5 cm³/mol. The summed E-state index contributed by atoms with van der Waals surface area (Å²) in [6.07, 6.45) is 6.80. The SMILES string of the molecule is CCC(C)(C)C(=O)N1CC2C3CC(C4CCCC43)C21. The Morgan fingerprint density at radius 3 is 2.47 bits per heavy atom. The van der Waals surface area contributed by atoms with Gasteiger partial charge < -0.3 is 4.90 Å². The van der Waals surface area contributed by atoms with E-state index >= 15 is 0 Å². The number of carbonyl (C=O) groups excluding carboxylic acids is 1. The molecule has 0 aromatic heterocycles. The zero-order chi connectivity index (χ0) is 13.4. The number of nitrogens with zero attached hydrogens (tertiary/aromatic N) is 1. The molecule has 0 radical (unpaired) electrons. The molecule has 4 fully saturated rings. The first-order chi connectivity index (χ1) is 9.04. The van der Waals surface area contributed by atoms with Crippen LogP contribution in [0.15, 0.2) is 0 Å². The van der Waals surface area contributed by atoms with E-state index in [1.165, 1.54) is 25.7 Å². The molecule has 3 aliphatic carbocycles.